The van der Waals surface area contributed by atoms with Crippen molar-refractivity contribution in [2.75, 3.05) is 5.32 Å². The van der Waals surface area contributed by atoms with Crippen LogP contribution in [0, 0.1) is 6.92 Å². The fraction of sp³-hybridized carbons (Fsp3) is 0.312. The Hall–Kier alpha value is -2.03. The minimum Gasteiger partial charge on any atom is -0.491 e. The number of pyridine rings is 1. The van der Waals surface area contributed by atoms with Crippen LogP contribution in [0.1, 0.15) is 25.0 Å². The molecule has 2 rings (SSSR count). The Labute approximate surface area is 114 Å². The normalized spacial score (nSPS) is 10.5. The van der Waals surface area contributed by atoms with Crippen LogP contribution in [0.25, 0.3) is 0 Å². The molecule has 0 atom stereocenters. The van der Waals surface area contributed by atoms with Gasteiger partial charge in [-0.3, -0.25) is 4.98 Å². The van der Waals surface area contributed by atoms with Crippen molar-refractivity contribution in [2.45, 2.75) is 33.4 Å². The van der Waals surface area contributed by atoms with Crippen LogP contribution in [0.4, 0.5) is 5.69 Å². The van der Waals surface area contributed by atoms with Crippen molar-refractivity contribution in [3.05, 3.63) is 53.9 Å². The van der Waals surface area contributed by atoms with Gasteiger partial charge in [0.05, 0.1) is 11.8 Å². The molecule has 0 saturated heterocycles. The van der Waals surface area contributed by atoms with E-state index in [1.165, 1.54) is 5.56 Å². The molecule has 0 aliphatic carbocycles. The van der Waals surface area contributed by atoms with E-state index in [4.69, 9.17) is 4.74 Å². The van der Waals surface area contributed by atoms with Gasteiger partial charge in [0.1, 0.15) is 5.75 Å². The van der Waals surface area contributed by atoms with Crippen LogP contribution >= 0.6 is 0 Å². The first-order valence-electron chi connectivity index (χ1n) is 6.54. The monoisotopic (exact) mass is 256 g/mol. The summed E-state index contributed by atoms with van der Waals surface area (Å²) in [6.45, 7) is 6.86. The first-order valence-corrected chi connectivity index (χ1v) is 6.54. The molecule has 100 valence electrons. The van der Waals surface area contributed by atoms with Crippen molar-refractivity contribution >= 4 is 5.69 Å². The Bertz CT molecular complexity index is 538. The minimum absolute atomic E-state index is 0.198. The number of anilines is 1. The van der Waals surface area contributed by atoms with Crippen LogP contribution < -0.4 is 10.1 Å². The van der Waals surface area contributed by atoms with Crippen LogP contribution in [-0.2, 0) is 6.54 Å². The molecule has 1 N–H and O–H groups in total. The first kappa shape index (κ1) is 13.4. The molecule has 3 nitrogen and oxygen atoms in total. The topological polar surface area (TPSA) is 34.2 Å². The van der Waals surface area contributed by atoms with Crippen LogP contribution in [0.5, 0.6) is 5.75 Å². The van der Waals surface area contributed by atoms with E-state index in [1.807, 2.05) is 45.3 Å². The summed E-state index contributed by atoms with van der Waals surface area (Å²) in [6.07, 6.45) is 3.88. The van der Waals surface area contributed by atoms with Crippen LogP contribution in [0.2, 0.25) is 0 Å². The Morgan fingerprint density at radius 3 is 2.79 bits per heavy atom. The fourth-order valence-corrected chi connectivity index (χ4v) is 1.86. The molecular formula is C16H20N2O. The number of aryl methyl sites for hydroxylation is 1. The standard InChI is InChI=1S/C16H20N2O/c1-12(2)19-16-6-4-5-14(8-16)10-18-15-7-13(3)9-17-11-15/h4-9,11-12,18H,10H2,1-3H3. The summed E-state index contributed by atoms with van der Waals surface area (Å²) in [7, 11) is 0. The smallest absolute Gasteiger partial charge is 0.120 e. The molecule has 0 saturated carbocycles. The molecule has 2 aromatic rings. The molecule has 0 spiro atoms. The van der Waals surface area contributed by atoms with Gasteiger partial charge >= 0.3 is 0 Å². The minimum atomic E-state index is 0.198. The van der Waals surface area contributed by atoms with Gasteiger partial charge in [-0.15, -0.1) is 0 Å². The first-order chi connectivity index (χ1) is 9.13. The second kappa shape index (κ2) is 6.23. The second-order valence-electron chi connectivity index (χ2n) is 4.92. The van der Waals surface area contributed by atoms with Gasteiger partial charge < -0.3 is 10.1 Å². The van der Waals surface area contributed by atoms with Gasteiger partial charge in [-0.25, -0.2) is 0 Å². The van der Waals surface area contributed by atoms with E-state index in [2.05, 4.69) is 28.5 Å². The maximum atomic E-state index is 5.69. The Balaban J connectivity index is 1.99. The van der Waals surface area contributed by atoms with Crippen LogP contribution in [0.3, 0.4) is 0 Å². The van der Waals surface area contributed by atoms with Gasteiger partial charge in [-0.05, 0) is 50.1 Å². The van der Waals surface area contributed by atoms with Gasteiger partial charge in [0.15, 0.2) is 0 Å². The van der Waals surface area contributed by atoms with E-state index in [0.717, 1.165) is 23.5 Å². The van der Waals surface area contributed by atoms with E-state index in [9.17, 15) is 0 Å². The summed E-state index contributed by atoms with van der Waals surface area (Å²) in [4.78, 5) is 4.17. The molecule has 1 heterocycles. The van der Waals surface area contributed by atoms with Gasteiger partial charge in [0.25, 0.3) is 0 Å². The lowest BCUT2D eigenvalue weighted by molar-refractivity contribution is 0.242. The lowest BCUT2D eigenvalue weighted by Crippen LogP contribution is -2.06. The summed E-state index contributed by atoms with van der Waals surface area (Å²) in [5, 5.41) is 3.36. The number of ether oxygens (including phenoxy) is 1. The molecule has 19 heavy (non-hydrogen) atoms. The zero-order valence-electron chi connectivity index (χ0n) is 11.7. The predicted octanol–water partition coefficient (Wildman–Crippen LogP) is 3.79. The van der Waals surface area contributed by atoms with Crippen molar-refractivity contribution in [2.24, 2.45) is 0 Å². The maximum Gasteiger partial charge on any atom is 0.120 e. The largest absolute Gasteiger partial charge is 0.491 e. The molecule has 0 aliphatic rings. The Kier molecular flexibility index (Phi) is 4.39. The second-order valence-corrected chi connectivity index (χ2v) is 4.92. The Morgan fingerprint density at radius 1 is 1.21 bits per heavy atom. The lowest BCUT2D eigenvalue weighted by atomic mass is 10.2. The summed E-state index contributed by atoms with van der Waals surface area (Å²) < 4.78 is 5.69. The predicted molar refractivity (Wildman–Crippen MR) is 78.5 cm³/mol. The zero-order valence-corrected chi connectivity index (χ0v) is 11.7. The molecule has 0 aliphatic heterocycles. The molecule has 3 heteroatoms. The highest BCUT2D eigenvalue weighted by molar-refractivity contribution is 5.43. The third-order valence-corrected chi connectivity index (χ3v) is 2.64. The van der Waals surface area contributed by atoms with Crippen molar-refractivity contribution in [3.63, 3.8) is 0 Å². The average molecular weight is 256 g/mol. The quantitative estimate of drug-likeness (QED) is 0.883. The van der Waals surface area contributed by atoms with Gasteiger partial charge in [0, 0.05) is 18.9 Å². The highest BCUT2D eigenvalue weighted by atomic mass is 16.5. The molecule has 0 unspecified atom stereocenters. The highest BCUT2D eigenvalue weighted by Crippen LogP contribution is 2.16. The van der Waals surface area contributed by atoms with E-state index < -0.39 is 0 Å². The number of benzene rings is 1. The van der Waals surface area contributed by atoms with Gasteiger partial charge in [-0.2, -0.15) is 0 Å². The van der Waals surface area contributed by atoms with Crippen molar-refractivity contribution < 1.29 is 4.74 Å². The number of rotatable bonds is 5. The number of hydrogen-bond donors (Lipinski definition) is 1. The number of nitrogens with one attached hydrogen (secondary N) is 1. The van der Waals surface area contributed by atoms with Crippen molar-refractivity contribution in [1.82, 2.24) is 4.98 Å². The highest BCUT2D eigenvalue weighted by Gasteiger charge is 2.00. The molecule has 1 aromatic heterocycles. The van der Waals surface area contributed by atoms with E-state index in [0.29, 0.717) is 0 Å². The molecule has 0 radical (unpaired) electrons. The summed E-state index contributed by atoms with van der Waals surface area (Å²) in [5.41, 5.74) is 3.39. The maximum absolute atomic E-state index is 5.69. The van der Waals surface area contributed by atoms with Gasteiger partial charge in [-0.1, -0.05) is 12.1 Å². The molecular weight excluding hydrogens is 236 g/mol. The SMILES string of the molecule is Cc1cncc(NCc2cccc(OC(C)C)c2)c1. The van der Waals surface area contributed by atoms with Crippen LogP contribution in [0.15, 0.2) is 42.7 Å². The van der Waals surface area contributed by atoms with E-state index >= 15 is 0 Å². The summed E-state index contributed by atoms with van der Waals surface area (Å²) in [5.74, 6) is 0.914. The molecule has 0 fully saturated rings. The number of nitrogens with zero attached hydrogens (tertiary/aromatic N) is 1. The third-order valence-electron chi connectivity index (χ3n) is 2.64. The molecule has 0 bridgehead atoms. The fourth-order valence-electron chi connectivity index (χ4n) is 1.86. The van der Waals surface area contributed by atoms with Crippen molar-refractivity contribution in [3.8, 4) is 5.75 Å². The van der Waals surface area contributed by atoms with Crippen LogP contribution in [-0.4, -0.2) is 11.1 Å². The van der Waals surface area contributed by atoms with E-state index in [-0.39, 0.29) is 6.10 Å². The average Bonchev–Trinajstić information content (AvgIpc) is 2.36. The molecule has 1 aromatic carbocycles. The molecule has 0 amide bonds. The Morgan fingerprint density at radius 2 is 2.05 bits per heavy atom. The summed E-state index contributed by atoms with van der Waals surface area (Å²) >= 11 is 0. The summed E-state index contributed by atoms with van der Waals surface area (Å²) in [6, 6.07) is 10.2. The zero-order chi connectivity index (χ0) is 13.7. The van der Waals surface area contributed by atoms with Gasteiger partial charge in [0.2, 0.25) is 0 Å². The number of aromatic nitrogens is 1. The van der Waals surface area contributed by atoms with E-state index in [1.54, 1.807) is 0 Å². The number of hydrogen-bond acceptors (Lipinski definition) is 3. The third kappa shape index (κ3) is 4.28. The van der Waals surface area contributed by atoms with Crippen molar-refractivity contribution in [1.29, 1.82) is 0 Å². The lowest BCUT2D eigenvalue weighted by Gasteiger charge is -2.11.